The molecule has 1 saturated carbocycles. The third-order valence-electron chi connectivity index (χ3n) is 4.09. The zero-order chi connectivity index (χ0) is 13.1. The highest BCUT2D eigenvalue weighted by Gasteiger charge is 2.28. The zero-order valence-corrected chi connectivity index (χ0v) is 11.3. The second-order valence-corrected chi connectivity index (χ2v) is 6.08. The minimum Gasteiger partial charge on any atom is -0.392 e. The van der Waals surface area contributed by atoms with Crippen LogP contribution in [-0.2, 0) is 6.42 Å². The van der Waals surface area contributed by atoms with Crippen molar-refractivity contribution in [3.8, 4) is 0 Å². The van der Waals surface area contributed by atoms with Crippen molar-refractivity contribution < 1.29 is 9.50 Å². The molecule has 3 atom stereocenters. The zero-order valence-electron chi connectivity index (χ0n) is 11.3. The fourth-order valence-electron chi connectivity index (χ4n) is 3.40. The minimum atomic E-state index is -0.336. The molecule has 0 heterocycles. The number of rotatable bonds is 3. The predicted molar refractivity (Wildman–Crippen MR) is 71.8 cm³/mol. The van der Waals surface area contributed by atoms with E-state index in [1.807, 2.05) is 6.07 Å². The Bertz CT molecular complexity index is 380. The van der Waals surface area contributed by atoms with Crippen LogP contribution in [0.3, 0.4) is 0 Å². The second kappa shape index (κ2) is 5.83. The Labute approximate surface area is 109 Å². The lowest BCUT2D eigenvalue weighted by molar-refractivity contribution is 0.0561. The summed E-state index contributed by atoms with van der Waals surface area (Å²) in [4.78, 5) is 0. The van der Waals surface area contributed by atoms with Crippen LogP contribution < -0.4 is 0 Å². The molecular formula is C16H23FO. The van der Waals surface area contributed by atoms with Gasteiger partial charge < -0.3 is 5.11 Å². The van der Waals surface area contributed by atoms with Crippen molar-refractivity contribution in [1.82, 2.24) is 0 Å². The molecule has 0 bridgehead atoms. The monoisotopic (exact) mass is 250 g/mol. The van der Waals surface area contributed by atoms with Crippen LogP contribution in [0.25, 0.3) is 0 Å². The van der Waals surface area contributed by atoms with Gasteiger partial charge in [-0.15, -0.1) is 0 Å². The van der Waals surface area contributed by atoms with Crippen molar-refractivity contribution in [3.63, 3.8) is 0 Å². The van der Waals surface area contributed by atoms with Crippen molar-refractivity contribution in [2.75, 3.05) is 0 Å². The van der Waals surface area contributed by atoms with Crippen LogP contribution in [0, 0.1) is 23.6 Å². The van der Waals surface area contributed by atoms with Crippen LogP contribution in [0.5, 0.6) is 0 Å². The summed E-state index contributed by atoms with van der Waals surface area (Å²) in [5.41, 5.74) is 0.897. The van der Waals surface area contributed by atoms with Gasteiger partial charge in [-0.2, -0.15) is 0 Å². The van der Waals surface area contributed by atoms with Crippen molar-refractivity contribution in [1.29, 1.82) is 0 Å². The highest BCUT2D eigenvalue weighted by Crippen LogP contribution is 2.35. The summed E-state index contributed by atoms with van der Waals surface area (Å²) in [6.07, 6.45) is 3.70. The van der Waals surface area contributed by atoms with E-state index in [0.29, 0.717) is 24.2 Å². The van der Waals surface area contributed by atoms with Crippen molar-refractivity contribution in [3.05, 3.63) is 35.6 Å². The third kappa shape index (κ3) is 3.55. The van der Waals surface area contributed by atoms with E-state index in [1.165, 1.54) is 18.6 Å². The van der Waals surface area contributed by atoms with E-state index >= 15 is 0 Å². The van der Waals surface area contributed by atoms with E-state index in [0.717, 1.165) is 18.4 Å². The van der Waals surface area contributed by atoms with Gasteiger partial charge in [0.15, 0.2) is 0 Å². The number of aliphatic hydroxyl groups excluding tert-OH is 1. The minimum absolute atomic E-state index is 0.218. The fraction of sp³-hybridized carbons (Fsp3) is 0.625. The molecule has 1 aromatic rings. The molecule has 18 heavy (non-hydrogen) atoms. The summed E-state index contributed by atoms with van der Waals surface area (Å²) in [6, 6.07) is 6.57. The standard InChI is InChI=1S/C16H23FO/c1-11-6-12(2)8-14(7-11)16(18)10-13-4-3-5-15(17)9-13/h3-5,9,11-12,14,16,18H,6-8,10H2,1-2H3. The van der Waals surface area contributed by atoms with Gasteiger partial charge in [-0.25, -0.2) is 4.39 Å². The highest BCUT2D eigenvalue weighted by atomic mass is 19.1. The van der Waals surface area contributed by atoms with Crippen LogP contribution in [0.15, 0.2) is 24.3 Å². The first-order valence-electron chi connectivity index (χ1n) is 6.97. The summed E-state index contributed by atoms with van der Waals surface area (Å²) in [5.74, 6) is 1.54. The van der Waals surface area contributed by atoms with Gasteiger partial charge in [0, 0.05) is 0 Å². The van der Waals surface area contributed by atoms with Gasteiger partial charge in [-0.05, 0) is 61.1 Å². The molecule has 0 amide bonds. The summed E-state index contributed by atoms with van der Waals surface area (Å²) in [6.45, 7) is 4.52. The van der Waals surface area contributed by atoms with Crippen LogP contribution in [0.1, 0.15) is 38.7 Å². The molecule has 0 spiro atoms. The molecule has 3 unspecified atom stereocenters. The SMILES string of the molecule is CC1CC(C)CC(C(O)Cc2cccc(F)c2)C1. The van der Waals surface area contributed by atoms with Crippen molar-refractivity contribution in [2.24, 2.45) is 17.8 Å². The Morgan fingerprint density at radius 3 is 2.50 bits per heavy atom. The van der Waals surface area contributed by atoms with E-state index < -0.39 is 0 Å². The van der Waals surface area contributed by atoms with Gasteiger partial charge in [0.25, 0.3) is 0 Å². The lowest BCUT2D eigenvalue weighted by Crippen LogP contribution is -2.30. The molecule has 0 aliphatic heterocycles. The molecule has 1 N–H and O–H groups in total. The molecule has 1 aromatic carbocycles. The molecule has 1 nitrogen and oxygen atoms in total. The largest absolute Gasteiger partial charge is 0.392 e. The molecule has 1 fully saturated rings. The maximum absolute atomic E-state index is 13.1. The van der Waals surface area contributed by atoms with Crippen LogP contribution in [0.4, 0.5) is 4.39 Å². The van der Waals surface area contributed by atoms with Gasteiger partial charge in [0.05, 0.1) is 6.10 Å². The van der Waals surface area contributed by atoms with E-state index in [-0.39, 0.29) is 11.9 Å². The quantitative estimate of drug-likeness (QED) is 0.865. The summed E-state index contributed by atoms with van der Waals surface area (Å²) >= 11 is 0. The Hall–Kier alpha value is -0.890. The maximum Gasteiger partial charge on any atom is 0.123 e. The molecule has 2 rings (SSSR count). The number of halogens is 1. The number of aliphatic hydroxyl groups is 1. The Morgan fingerprint density at radius 1 is 1.22 bits per heavy atom. The number of hydrogen-bond donors (Lipinski definition) is 1. The van der Waals surface area contributed by atoms with E-state index in [9.17, 15) is 9.50 Å². The lowest BCUT2D eigenvalue weighted by atomic mass is 9.73. The first kappa shape index (κ1) is 13.5. The average Bonchev–Trinajstić information content (AvgIpc) is 2.27. The van der Waals surface area contributed by atoms with Crippen LogP contribution in [-0.4, -0.2) is 11.2 Å². The lowest BCUT2D eigenvalue weighted by Gasteiger charge is -2.34. The molecule has 0 saturated heterocycles. The second-order valence-electron chi connectivity index (χ2n) is 6.08. The van der Waals surface area contributed by atoms with Gasteiger partial charge in [0.2, 0.25) is 0 Å². The number of hydrogen-bond acceptors (Lipinski definition) is 1. The summed E-state index contributed by atoms with van der Waals surface area (Å²) < 4.78 is 13.1. The Balaban J connectivity index is 1.97. The highest BCUT2D eigenvalue weighted by molar-refractivity contribution is 5.17. The first-order valence-corrected chi connectivity index (χ1v) is 6.97. The predicted octanol–water partition coefficient (Wildman–Crippen LogP) is 3.80. The fourth-order valence-corrected chi connectivity index (χ4v) is 3.40. The number of benzene rings is 1. The average molecular weight is 250 g/mol. The van der Waals surface area contributed by atoms with Gasteiger partial charge >= 0.3 is 0 Å². The molecule has 0 radical (unpaired) electrons. The van der Waals surface area contributed by atoms with E-state index in [2.05, 4.69) is 13.8 Å². The van der Waals surface area contributed by atoms with Crippen LogP contribution in [0.2, 0.25) is 0 Å². The maximum atomic E-state index is 13.1. The van der Waals surface area contributed by atoms with Crippen molar-refractivity contribution >= 4 is 0 Å². The Morgan fingerprint density at radius 2 is 1.89 bits per heavy atom. The molecule has 2 heteroatoms. The van der Waals surface area contributed by atoms with Crippen molar-refractivity contribution in [2.45, 2.75) is 45.6 Å². The topological polar surface area (TPSA) is 20.2 Å². The summed E-state index contributed by atoms with van der Waals surface area (Å²) in [5, 5.41) is 10.3. The molecule has 0 aromatic heterocycles. The van der Waals surface area contributed by atoms with Crippen LogP contribution >= 0.6 is 0 Å². The van der Waals surface area contributed by atoms with Gasteiger partial charge in [-0.1, -0.05) is 26.0 Å². The Kier molecular flexibility index (Phi) is 4.39. The van der Waals surface area contributed by atoms with Gasteiger partial charge in [-0.3, -0.25) is 0 Å². The summed E-state index contributed by atoms with van der Waals surface area (Å²) in [7, 11) is 0. The normalized spacial score (nSPS) is 30.1. The third-order valence-corrected chi connectivity index (χ3v) is 4.09. The smallest absolute Gasteiger partial charge is 0.123 e. The van der Waals surface area contributed by atoms with Gasteiger partial charge in [0.1, 0.15) is 5.82 Å². The molecule has 100 valence electrons. The molecule has 1 aliphatic rings. The first-order chi connectivity index (χ1) is 8.54. The van der Waals surface area contributed by atoms with E-state index in [1.54, 1.807) is 6.07 Å². The molecular weight excluding hydrogens is 227 g/mol. The molecule has 1 aliphatic carbocycles. The van der Waals surface area contributed by atoms with E-state index in [4.69, 9.17) is 0 Å².